The number of phenolic OH excluding ortho intramolecular Hbond substituents is 1. The number of aromatic nitrogens is 4. The number of hydrogen-bond donors (Lipinski definition) is 1. The third kappa shape index (κ3) is 2.93. The Morgan fingerprint density at radius 2 is 1.62 bits per heavy atom. The summed E-state index contributed by atoms with van der Waals surface area (Å²) in [5.74, 6) is 0.908. The molecule has 0 unspecified atom stereocenters. The smallest absolute Gasteiger partial charge is 0.144 e. The number of aryl methyl sites for hydroxylation is 1. The number of nitrogens with zero attached hydrogens (tertiary/aromatic N) is 4. The minimum absolute atomic E-state index is 0.206. The van der Waals surface area contributed by atoms with Crippen LogP contribution in [-0.2, 0) is 7.05 Å². The molecular formula is C24H18N4O. The van der Waals surface area contributed by atoms with E-state index < -0.39 is 0 Å². The van der Waals surface area contributed by atoms with Gasteiger partial charge in [-0.2, -0.15) is 0 Å². The fraction of sp³-hybridized carbons (Fsp3) is 0.0417. The van der Waals surface area contributed by atoms with Gasteiger partial charge in [0.1, 0.15) is 17.1 Å². The average Bonchev–Trinajstić information content (AvgIpc) is 3.11. The summed E-state index contributed by atoms with van der Waals surface area (Å²) in [4.78, 5) is 13.9. The molecular weight excluding hydrogens is 360 g/mol. The van der Waals surface area contributed by atoms with Gasteiger partial charge in [-0.15, -0.1) is 0 Å². The molecule has 5 heteroatoms. The first-order valence-electron chi connectivity index (χ1n) is 9.34. The van der Waals surface area contributed by atoms with E-state index in [9.17, 15) is 5.11 Å². The molecule has 0 aliphatic carbocycles. The summed E-state index contributed by atoms with van der Waals surface area (Å²) in [6.45, 7) is 0. The van der Waals surface area contributed by atoms with Crippen LogP contribution in [0.25, 0.3) is 44.9 Å². The van der Waals surface area contributed by atoms with Crippen molar-refractivity contribution in [3.05, 3.63) is 85.2 Å². The molecule has 0 fully saturated rings. The van der Waals surface area contributed by atoms with E-state index in [2.05, 4.69) is 16.0 Å². The van der Waals surface area contributed by atoms with Crippen molar-refractivity contribution in [1.29, 1.82) is 0 Å². The SMILES string of the molecule is Cn1c(-c2ccccc2O)nc2c(-c3cccc(-c4ccccn4)c3)nccc21. The first-order valence-corrected chi connectivity index (χ1v) is 9.34. The highest BCUT2D eigenvalue weighted by Crippen LogP contribution is 2.34. The normalized spacial score (nSPS) is 11.1. The second-order valence-corrected chi connectivity index (χ2v) is 6.83. The van der Waals surface area contributed by atoms with E-state index in [1.807, 2.05) is 66.2 Å². The lowest BCUT2D eigenvalue weighted by molar-refractivity contribution is 0.476. The molecule has 0 saturated carbocycles. The molecule has 3 aromatic heterocycles. The van der Waals surface area contributed by atoms with Crippen LogP contribution in [-0.4, -0.2) is 24.6 Å². The topological polar surface area (TPSA) is 63.8 Å². The van der Waals surface area contributed by atoms with Crippen molar-refractivity contribution in [1.82, 2.24) is 19.5 Å². The maximum atomic E-state index is 10.3. The Labute approximate surface area is 168 Å². The Morgan fingerprint density at radius 1 is 0.793 bits per heavy atom. The third-order valence-electron chi connectivity index (χ3n) is 5.04. The minimum atomic E-state index is 0.206. The lowest BCUT2D eigenvalue weighted by Gasteiger charge is -2.06. The minimum Gasteiger partial charge on any atom is -0.507 e. The number of pyridine rings is 2. The number of aromatic hydroxyl groups is 1. The van der Waals surface area contributed by atoms with E-state index in [4.69, 9.17) is 4.98 Å². The number of para-hydroxylation sites is 1. The fourth-order valence-electron chi connectivity index (χ4n) is 3.59. The summed E-state index contributed by atoms with van der Waals surface area (Å²) >= 11 is 0. The summed E-state index contributed by atoms with van der Waals surface area (Å²) in [7, 11) is 1.95. The molecule has 0 amide bonds. The van der Waals surface area contributed by atoms with Crippen molar-refractivity contribution >= 4 is 11.0 Å². The fourth-order valence-corrected chi connectivity index (χ4v) is 3.59. The first kappa shape index (κ1) is 17.1. The van der Waals surface area contributed by atoms with Crippen LogP contribution >= 0.6 is 0 Å². The Morgan fingerprint density at radius 3 is 2.45 bits per heavy atom. The molecule has 0 radical (unpaired) electrons. The van der Waals surface area contributed by atoms with E-state index in [0.717, 1.165) is 33.5 Å². The van der Waals surface area contributed by atoms with Crippen molar-refractivity contribution < 1.29 is 5.11 Å². The molecule has 5 nitrogen and oxygen atoms in total. The van der Waals surface area contributed by atoms with Crippen LogP contribution in [0.15, 0.2) is 85.2 Å². The van der Waals surface area contributed by atoms with Crippen LogP contribution in [0.1, 0.15) is 0 Å². The largest absolute Gasteiger partial charge is 0.507 e. The molecule has 0 bridgehead atoms. The van der Waals surface area contributed by atoms with Gasteiger partial charge in [-0.3, -0.25) is 9.97 Å². The molecule has 5 aromatic rings. The Hall–Kier alpha value is -3.99. The summed E-state index contributed by atoms with van der Waals surface area (Å²) < 4.78 is 1.98. The van der Waals surface area contributed by atoms with Gasteiger partial charge in [0.2, 0.25) is 0 Å². The van der Waals surface area contributed by atoms with Crippen LogP contribution < -0.4 is 0 Å². The van der Waals surface area contributed by atoms with Gasteiger partial charge in [-0.05, 0) is 36.4 Å². The molecule has 2 aromatic carbocycles. The Bertz CT molecular complexity index is 1330. The zero-order chi connectivity index (χ0) is 19.8. The summed E-state index contributed by atoms with van der Waals surface area (Å²) in [5, 5.41) is 10.3. The molecule has 0 saturated heterocycles. The highest BCUT2D eigenvalue weighted by molar-refractivity contribution is 5.93. The van der Waals surface area contributed by atoms with Crippen molar-refractivity contribution in [3.8, 4) is 39.7 Å². The average molecular weight is 378 g/mol. The standard InChI is InChI=1S/C24H18N4O/c1-28-20-12-14-26-22(23(20)27-24(28)18-9-2-3-11-21(18)29)17-8-6-7-16(15-17)19-10-4-5-13-25-19/h2-15,29H,1H3. The number of phenols is 1. The van der Waals surface area contributed by atoms with Gasteiger partial charge in [0.05, 0.1) is 22.5 Å². The van der Waals surface area contributed by atoms with Crippen LogP contribution in [0.4, 0.5) is 0 Å². The monoisotopic (exact) mass is 378 g/mol. The van der Waals surface area contributed by atoms with Crippen molar-refractivity contribution in [2.24, 2.45) is 7.05 Å². The molecule has 5 rings (SSSR count). The van der Waals surface area contributed by atoms with Crippen LogP contribution in [0.2, 0.25) is 0 Å². The van der Waals surface area contributed by atoms with Crippen molar-refractivity contribution in [2.45, 2.75) is 0 Å². The van der Waals surface area contributed by atoms with E-state index in [1.54, 1.807) is 24.5 Å². The van der Waals surface area contributed by atoms with E-state index in [1.165, 1.54) is 0 Å². The van der Waals surface area contributed by atoms with Gasteiger partial charge in [0, 0.05) is 30.6 Å². The molecule has 1 N–H and O–H groups in total. The summed E-state index contributed by atoms with van der Waals surface area (Å²) in [5.41, 5.74) is 6.16. The predicted octanol–water partition coefficient (Wildman–Crippen LogP) is 5.07. The van der Waals surface area contributed by atoms with Gasteiger partial charge in [-0.1, -0.05) is 36.4 Å². The molecule has 0 atom stereocenters. The summed E-state index contributed by atoms with van der Waals surface area (Å²) in [6, 6.07) is 23.2. The van der Waals surface area contributed by atoms with Crippen molar-refractivity contribution in [2.75, 3.05) is 0 Å². The van der Waals surface area contributed by atoms with E-state index in [0.29, 0.717) is 11.4 Å². The number of rotatable bonds is 3. The molecule has 0 aliphatic heterocycles. The molecule has 29 heavy (non-hydrogen) atoms. The lowest BCUT2D eigenvalue weighted by atomic mass is 10.0. The third-order valence-corrected chi connectivity index (χ3v) is 5.04. The quantitative estimate of drug-likeness (QED) is 0.476. The van der Waals surface area contributed by atoms with Crippen molar-refractivity contribution in [3.63, 3.8) is 0 Å². The molecule has 3 heterocycles. The second-order valence-electron chi connectivity index (χ2n) is 6.83. The van der Waals surface area contributed by atoms with Gasteiger partial charge in [-0.25, -0.2) is 4.98 Å². The number of fused-ring (bicyclic) bond motifs is 1. The Kier molecular flexibility index (Phi) is 4.06. The van der Waals surface area contributed by atoms with Crippen LogP contribution in [0, 0.1) is 0 Å². The van der Waals surface area contributed by atoms with Gasteiger partial charge in [0.25, 0.3) is 0 Å². The number of benzene rings is 2. The number of hydrogen-bond acceptors (Lipinski definition) is 4. The lowest BCUT2D eigenvalue weighted by Crippen LogP contribution is -1.92. The second kappa shape index (κ2) is 6.87. The first-order chi connectivity index (χ1) is 14.2. The van der Waals surface area contributed by atoms with Crippen LogP contribution in [0.5, 0.6) is 5.75 Å². The number of imidazole rings is 1. The van der Waals surface area contributed by atoms with Gasteiger partial charge >= 0.3 is 0 Å². The Balaban J connectivity index is 1.69. The highest BCUT2D eigenvalue weighted by Gasteiger charge is 2.17. The molecule has 0 aliphatic rings. The maximum absolute atomic E-state index is 10.3. The molecule has 140 valence electrons. The predicted molar refractivity (Wildman–Crippen MR) is 114 cm³/mol. The van der Waals surface area contributed by atoms with Crippen LogP contribution in [0.3, 0.4) is 0 Å². The van der Waals surface area contributed by atoms with E-state index >= 15 is 0 Å². The maximum Gasteiger partial charge on any atom is 0.144 e. The zero-order valence-corrected chi connectivity index (χ0v) is 15.8. The van der Waals surface area contributed by atoms with E-state index in [-0.39, 0.29) is 5.75 Å². The summed E-state index contributed by atoms with van der Waals surface area (Å²) in [6.07, 6.45) is 3.58. The van der Waals surface area contributed by atoms with Gasteiger partial charge in [0.15, 0.2) is 0 Å². The molecule has 0 spiro atoms. The zero-order valence-electron chi connectivity index (χ0n) is 15.8. The van der Waals surface area contributed by atoms with Gasteiger partial charge < -0.3 is 9.67 Å². The highest BCUT2D eigenvalue weighted by atomic mass is 16.3.